The molecule has 0 aliphatic carbocycles. The molecule has 1 atom stereocenters. The summed E-state index contributed by atoms with van der Waals surface area (Å²) in [6.45, 7) is 3.90. The molecule has 7 heteroatoms. The number of nitrogens with one attached hydrogen (secondary N) is 1. The zero-order valence-electron chi connectivity index (χ0n) is 14.3. The lowest BCUT2D eigenvalue weighted by Gasteiger charge is -2.33. The molecule has 128 valence electrons. The lowest BCUT2D eigenvalue weighted by Crippen LogP contribution is -2.42. The number of rotatable bonds is 5. The number of carbonyl (C=O) groups excluding carboxylic acids is 1. The van der Waals surface area contributed by atoms with Gasteiger partial charge in [-0.25, -0.2) is 9.97 Å². The van der Waals surface area contributed by atoms with E-state index < -0.39 is 0 Å². The van der Waals surface area contributed by atoms with E-state index in [4.69, 9.17) is 0 Å². The van der Waals surface area contributed by atoms with Crippen LogP contribution in [0.3, 0.4) is 0 Å². The highest BCUT2D eigenvalue weighted by molar-refractivity contribution is 5.76. The summed E-state index contributed by atoms with van der Waals surface area (Å²) >= 11 is 0. The van der Waals surface area contributed by atoms with Gasteiger partial charge in [-0.3, -0.25) is 9.78 Å². The highest BCUT2D eigenvalue weighted by Crippen LogP contribution is 2.22. The van der Waals surface area contributed by atoms with E-state index in [1.807, 2.05) is 29.6 Å². The number of aromatic nitrogens is 4. The molecule has 2 aromatic heterocycles. The number of amides is 1. The minimum absolute atomic E-state index is 0.161. The average molecular weight is 328 g/mol. The molecule has 0 aromatic carbocycles. The second-order valence-corrected chi connectivity index (χ2v) is 6.26. The van der Waals surface area contributed by atoms with E-state index in [-0.39, 0.29) is 5.91 Å². The normalized spacial score (nSPS) is 17.8. The van der Waals surface area contributed by atoms with E-state index >= 15 is 0 Å². The van der Waals surface area contributed by atoms with E-state index in [0.717, 1.165) is 49.7 Å². The number of hydrogen-bond acceptors (Lipinski definition) is 5. The number of nitrogens with zero attached hydrogens (tertiary/aromatic N) is 5. The molecule has 0 radical (unpaired) electrons. The van der Waals surface area contributed by atoms with Gasteiger partial charge >= 0.3 is 0 Å². The topological polar surface area (TPSA) is 75.9 Å². The number of anilines is 1. The molecular formula is C17H24N6O. The van der Waals surface area contributed by atoms with Gasteiger partial charge in [-0.05, 0) is 32.1 Å². The summed E-state index contributed by atoms with van der Waals surface area (Å²) in [5.41, 5.74) is 0.977. The Balaban J connectivity index is 1.61. The zero-order chi connectivity index (χ0) is 16.9. The Bertz CT molecular complexity index is 698. The number of hydrogen-bond donors (Lipinski definition) is 1. The largest absolute Gasteiger partial charge is 0.372 e. The van der Waals surface area contributed by atoms with Crippen molar-refractivity contribution in [3.8, 4) is 0 Å². The van der Waals surface area contributed by atoms with Gasteiger partial charge in [0.1, 0.15) is 18.2 Å². The third kappa shape index (κ3) is 3.72. The predicted octanol–water partition coefficient (Wildman–Crippen LogP) is 1.50. The van der Waals surface area contributed by atoms with Crippen LogP contribution in [0.15, 0.2) is 24.8 Å². The fourth-order valence-electron chi connectivity index (χ4n) is 3.27. The van der Waals surface area contributed by atoms with Crippen LogP contribution in [-0.4, -0.2) is 50.5 Å². The summed E-state index contributed by atoms with van der Waals surface area (Å²) in [4.78, 5) is 27.5. The third-order valence-corrected chi connectivity index (χ3v) is 4.59. The molecule has 7 nitrogen and oxygen atoms in total. The van der Waals surface area contributed by atoms with Crippen LogP contribution < -0.4 is 5.32 Å². The first kappa shape index (κ1) is 16.4. The highest BCUT2D eigenvalue weighted by Gasteiger charge is 2.25. The van der Waals surface area contributed by atoms with E-state index in [1.165, 1.54) is 0 Å². The monoisotopic (exact) mass is 328 g/mol. The van der Waals surface area contributed by atoms with Gasteiger partial charge in [-0.1, -0.05) is 0 Å². The molecule has 1 N–H and O–H groups in total. The Morgan fingerprint density at radius 1 is 1.29 bits per heavy atom. The second kappa shape index (κ2) is 7.42. The number of piperidine rings is 1. The standard InChI is InChI=1S/C17H24N6O/c1-13-19-7-9-22(13)12-16(24)23-8-3-4-14(11-23)10-15-17(18-2)21-6-5-20-15/h5-7,9,14H,3-4,8,10-12H2,1-2H3,(H,18,21)/t14-/m1/s1. The van der Waals surface area contributed by atoms with Crippen molar-refractivity contribution in [1.82, 2.24) is 24.4 Å². The Morgan fingerprint density at radius 3 is 2.88 bits per heavy atom. The maximum Gasteiger partial charge on any atom is 0.242 e. The minimum atomic E-state index is 0.161. The van der Waals surface area contributed by atoms with Crippen molar-refractivity contribution < 1.29 is 4.79 Å². The van der Waals surface area contributed by atoms with Crippen molar-refractivity contribution in [3.63, 3.8) is 0 Å². The fourth-order valence-corrected chi connectivity index (χ4v) is 3.27. The molecule has 0 bridgehead atoms. The van der Waals surface area contributed by atoms with Crippen molar-refractivity contribution in [1.29, 1.82) is 0 Å². The average Bonchev–Trinajstić information content (AvgIpc) is 3.00. The summed E-state index contributed by atoms with van der Waals surface area (Å²) in [7, 11) is 1.86. The number of aryl methyl sites for hydroxylation is 1. The molecule has 24 heavy (non-hydrogen) atoms. The van der Waals surface area contributed by atoms with Crippen LogP contribution in [0, 0.1) is 12.8 Å². The Kier molecular flexibility index (Phi) is 5.08. The molecule has 1 aliphatic rings. The predicted molar refractivity (Wildman–Crippen MR) is 91.6 cm³/mol. The second-order valence-electron chi connectivity index (χ2n) is 6.26. The van der Waals surface area contributed by atoms with E-state index in [1.54, 1.807) is 18.6 Å². The quantitative estimate of drug-likeness (QED) is 0.900. The Labute approximate surface area is 142 Å². The van der Waals surface area contributed by atoms with Crippen LogP contribution in [0.1, 0.15) is 24.4 Å². The summed E-state index contributed by atoms with van der Waals surface area (Å²) in [5, 5.41) is 3.09. The summed E-state index contributed by atoms with van der Waals surface area (Å²) in [6.07, 6.45) is 10.0. The lowest BCUT2D eigenvalue weighted by molar-refractivity contribution is -0.133. The number of likely N-dealkylation sites (tertiary alicyclic amines) is 1. The van der Waals surface area contributed by atoms with Gasteiger partial charge in [0.2, 0.25) is 5.91 Å². The zero-order valence-corrected chi connectivity index (χ0v) is 14.3. The first-order valence-electron chi connectivity index (χ1n) is 8.40. The summed E-state index contributed by atoms with van der Waals surface area (Å²) in [5.74, 6) is 2.29. The maximum absolute atomic E-state index is 12.6. The molecule has 1 aliphatic heterocycles. The Hall–Kier alpha value is -2.44. The first-order chi connectivity index (χ1) is 11.7. The first-order valence-corrected chi connectivity index (χ1v) is 8.40. The lowest BCUT2D eigenvalue weighted by atomic mass is 9.93. The summed E-state index contributed by atoms with van der Waals surface area (Å²) in [6, 6.07) is 0. The molecule has 0 unspecified atom stereocenters. The van der Waals surface area contributed by atoms with Gasteiger partial charge in [0.25, 0.3) is 0 Å². The van der Waals surface area contributed by atoms with Gasteiger partial charge in [0.15, 0.2) is 0 Å². The van der Waals surface area contributed by atoms with Gasteiger partial charge < -0.3 is 14.8 Å². The van der Waals surface area contributed by atoms with Crippen LogP contribution >= 0.6 is 0 Å². The molecule has 0 saturated carbocycles. The van der Waals surface area contributed by atoms with Crippen molar-refractivity contribution in [2.24, 2.45) is 5.92 Å². The van der Waals surface area contributed by atoms with Crippen LogP contribution in [0.5, 0.6) is 0 Å². The Morgan fingerprint density at radius 2 is 2.12 bits per heavy atom. The van der Waals surface area contributed by atoms with Gasteiger partial charge in [-0.2, -0.15) is 0 Å². The highest BCUT2D eigenvalue weighted by atomic mass is 16.2. The van der Waals surface area contributed by atoms with E-state index in [0.29, 0.717) is 12.5 Å². The van der Waals surface area contributed by atoms with Crippen molar-refractivity contribution in [2.75, 3.05) is 25.5 Å². The fraction of sp³-hybridized carbons (Fsp3) is 0.529. The molecule has 3 rings (SSSR count). The van der Waals surface area contributed by atoms with Crippen LogP contribution in [0.2, 0.25) is 0 Å². The molecule has 1 saturated heterocycles. The smallest absolute Gasteiger partial charge is 0.242 e. The minimum Gasteiger partial charge on any atom is -0.372 e. The third-order valence-electron chi connectivity index (χ3n) is 4.59. The number of imidazole rings is 1. The molecule has 0 spiro atoms. The molecule has 1 amide bonds. The van der Waals surface area contributed by atoms with Gasteiger partial charge in [0, 0.05) is 44.9 Å². The van der Waals surface area contributed by atoms with E-state index in [2.05, 4.69) is 20.3 Å². The summed E-state index contributed by atoms with van der Waals surface area (Å²) < 4.78 is 1.90. The van der Waals surface area contributed by atoms with Crippen molar-refractivity contribution in [3.05, 3.63) is 36.3 Å². The van der Waals surface area contributed by atoms with E-state index in [9.17, 15) is 4.79 Å². The molecule has 1 fully saturated rings. The SMILES string of the molecule is CNc1nccnc1C[C@H]1CCCN(C(=O)Cn2ccnc2C)C1. The molecule has 2 aromatic rings. The van der Waals surface area contributed by atoms with Crippen LogP contribution in [-0.2, 0) is 17.8 Å². The van der Waals surface area contributed by atoms with Crippen molar-refractivity contribution >= 4 is 11.7 Å². The molecular weight excluding hydrogens is 304 g/mol. The maximum atomic E-state index is 12.6. The van der Waals surface area contributed by atoms with Crippen LogP contribution in [0.25, 0.3) is 0 Å². The number of carbonyl (C=O) groups is 1. The van der Waals surface area contributed by atoms with Crippen LogP contribution in [0.4, 0.5) is 5.82 Å². The molecule has 3 heterocycles. The van der Waals surface area contributed by atoms with Gasteiger partial charge in [-0.15, -0.1) is 0 Å². The van der Waals surface area contributed by atoms with Gasteiger partial charge in [0.05, 0.1) is 5.69 Å². The van der Waals surface area contributed by atoms with Crippen molar-refractivity contribution in [2.45, 2.75) is 32.7 Å².